The first-order chi connectivity index (χ1) is 15.0. The highest BCUT2D eigenvalue weighted by Gasteiger charge is 2.20. The summed E-state index contributed by atoms with van der Waals surface area (Å²) in [6.45, 7) is 8.97. The highest BCUT2D eigenvalue weighted by atomic mass is 127. The molecule has 0 amide bonds. The number of aromatic nitrogens is 4. The highest BCUT2D eigenvalue weighted by molar-refractivity contribution is 14.0. The molecule has 172 valence electrons. The first-order valence-electron chi connectivity index (χ1n) is 10.2. The zero-order chi connectivity index (χ0) is 22.2. The third-order valence-corrected chi connectivity index (χ3v) is 5.69. The summed E-state index contributed by atoms with van der Waals surface area (Å²) in [6.07, 6.45) is 1.68. The Labute approximate surface area is 208 Å². The zero-order valence-electron chi connectivity index (χ0n) is 18.5. The molecule has 32 heavy (non-hydrogen) atoms. The zero-order valence-corrected chi connectivity index (χ0v) is 21.7. The maximum absolute atomic E-state index is 12.1. The molecule has 11 heteroatoms. The molecule has 1 aromatic carbocycles. The number of nitrogens with zero attached hydrogens (tertiary/aromatic N) is 5. The van der Waals surface area contributed by atoms with Gasteiger partial charge < -0.3 is 15.4 Å². The van der Waals surface area contributed by atoms with Crippen molar-refractivity contribution in [1.82, 2.24) is 30.4 Å². The molecule has 2 N–H and O–H groups in total. The molecular weight excluding hydrogens is 541 g/mol. The molecule has 1 unspecified atom stereocenters. The van der Waals surface area contributed by atoms with E-state index in [-0.39, 0.29) is 36.0 Å². The third-order valence-electron chi connectivity index (χ3n) is 4.37. The number of esters is 1. The number of thiazole rings is 1. The number of hydrogen-bond acceptors (Lipinski definition) is 7. The van der Waals surface area contributed by atoms with E-state index in [2.05, 4.69) is 30.8 Å². The van der Waals surface area contributed by atoms with Crippen LogP contribution in [-0.4, -0.2) is 44.8 Å². The fourth-order valence-electron chi connectivity index (χ4n) is 2.90. The Morgan fingerprint density at radius 2 is 2.03 bits per heavy atom. The molecule has 3 rings (SSSR count). The van der Waals surface area contributed by atoms with Crippen molar-refractivity contribution in [2.75, 3.05) is 13.2 Å². The summed E-state index contributed by atoms with van der Waals surface area (Å²) in [5.74, 6) is 1.02. The largest absolute Gasteiger partial charge is 0.462 e. The third kappa shape index (κ3) is 6.48. The number of aryl methyl sites for hydroxylation is 1. The van der Waals surface area contributed by atoms with E-state index in [0.29, 0.717) is 36.2 Å². The van der Waals surface area contributed by atoms with Crippen LogP contribution in [-0.2, 0) is 11.3 Å². The van der Waals surface area contributed by atoms with E-state index < -0.39 is 0 Å². The topological polar surface area (TPSA) is 106 Å². The average Bonchev–Trinajstić information content (AvgIpc) is 3.39. The van der Waals surface area contributed by atoms with Gasteiger partial charge in [0.2, 0.25) is 0 Å². The van der Waals surface area contributed by atoms with E-state index in [0.717, 1.165) is 16.5 Å². The molecule has 0 bridgehead atoms. The van der Waals surface area contributed by atoms with Crippen LogP contribution in [0.15, 0.2) is 41.7 Å². The molecule has 9 nitrogen and oxygen atoms in total. The average molecular weight is 569 g/mol. The summed E-state index contributed by atoms with van der Waals surface area (Å²) in [7, 11) is 0. The Bertz CT molecular complexity index is 1040. The molecule has 3 aromatic rings. The van der Waals surface area contributed by atoms with Crippen LogP contribution in [0.1, 0.15) is 53.0 Å². The second-order valence-corrected chi connectivity index (χ2v) is 7.73. The van der Waals surface area contributed by atoms with Gasteiger partial charge >= 0.3 is 5.97 Å². The Morgan fingerprint density at radius 3 is 2.72 bits per heavy atom. The van der Waals surface area contributed by atoms with Crippen molar-refractivity contribution >= 4 is 47.2 Å². The van der Waals surface area contributed by atoms with Gasteiger partial charge in [-0.15, -0.1) is 45.5 Å². The van der Waals surface area contributed by atoms with Gasteiger partial charge in [-0.05, 0) is 39.8 Å². The van der Waals surface area contributed by atoms with E-state index >= 15 is 0 Å². The Hall–Kier alpha value is -2.54. The van der Waals surface area contributed by atoms with Gasteiger partial charge in [0.1, 0.15) is 22.8 Å². The maximum Gasteiger partial charge on any atom is 0.350 e. The van der Waals surface area contributed by atoms with Crippen molar-refractivity contribution in [3.05, 3.63) is 58.1 Å². The van der Waals surface area contributed by atoms with Crippen LogP contribution in [0.2, 0.25) is 0 Å². The maximum atomic E-state index is 12.1. The fourth-order valence-corrected chi connectivity index (χ4v) is 3.86. The molecule has 0 aliphatic carbocycles. The minimum Gasteiger partial charge on any atom is -0.462 e. The Morgan fingerprint density at radius 1 is 1.28 bits per heavy atom. The lowest BCUT2D eigenvalue weighted by Crippen LogP contribution is -2.38. The molecule has 0 aliphatic heterocycles. The van der Waals surface area contributed by atoms with Crippen LogP contribution < -0.4 is 10.6 Å². The van der Waals surface area contributed by atoms with Crippen LogP contribution in [0.5, 0.6) is 0 Å². The van der Waals surface area contributed by atoms with Gasteiger partial charge in [0.15, 0.2) is 11.8 Å². The summed E-state index contributed by atoms with van der Waals surface area (Å²) in [5, 5.41) is 15.6. The van der Waals surface area contributed by atoms with Crippen molar-refractivity contribution in [3.63, 3.8) is 0 Å². The number of nitrogens with one attached hydrogen (secondary N) is 2. The molecular formula is C21H28IN7O2S. The van der Waals surface area contributed by atoms with Crippen molar-refractivity contribution in [2.45, 2.75) is 40.3 Å². The van der Waals surface area contributed by atoms with Gasteiger partial charge in [0.25, 0.3) is 0 Å². The highest BCUT2D eigenvalue weighted by Crippen LogP contribution is 2.24. The second kappa shape index (κ2) is 12.5. The fraction of sp³-hybridized carbons (Fsp3) is 0.381. The quantitative estimate of drug-likeness (QED) is 0.185. The smallest absolute Gasteiger partial charge is 0.350 e. The summed E-state index contributed by atoms with van der Waals surface area (Å²) in [5.41, 5.74) is 1.65. The number of para-hydroxylation sites is 1. The van der Waals surface area contributed by atoms with Gasteiger partial charge in [0, 0.05) is 12.2 Å². The molecule has 1 atom stereocenters. The van der Waals surface area contributed by atoms with Gasteiger partial charge in [0.05, 0.1) is 18.3 Å². The Kier molecular flexibility index (Phi) is 10.0. The number of ether oxygens (including phenoxy) is 1. The number of halogens is 1. The predicted octanol–water partition coefficient (Wildman–Crippen LogP) is 3.64. The number of carbonyl (C=O) groups is 1. The molecule has 0 spiro atoms. The molecule has 0 fully saturated rings. The normalized spacial score (nSPS) is 12.1. The lowest BCUT2D eigenvalue weighted by atomic mass is 10.3. The molecule has 2 aromatic heterocycles. The lowest BCUT2D eigenvalue weighted by molar-refractivity contribution is 0.0531. The van der Waals surface area contributed by atoms with Crippen molar-refractivity contribution in [2.24, 2.45) is 4.99 Å². The van der Waals surface area contributed by atoms with Crippen LogP contribution >= 0.6 is 35.3 Å². The van der Waals surface area contributed by atoms with Crippen molar-refractivity contribution in [1.29, 1.82) is 0 Å². The van der Waals surface area contributed by atoms with Crippen molar-refractivity contribution < 1.29 is 9.53 Å². The first-order valence-corrected chi connectivity index (χ1v) is 11.0. The van der Waals surface area contributed by atoms with Gasteiger partial charge in [-0.2, -0.15) is 0 Å². The summed E-state index contributed by atoms with van der Waals surface area (Å²) >= 11 is 1.33. The first kappa shape index (κ1) is 25.7. The van der Waals surface area contributed by atoms with Crippen LogP contribution in [0.4, 0.5) is 0 Å². The minimum atomic E-state index is -0.336. The number of hydrogen-bond donors (Lipinski definition) is 2. The predicted molar refractivity (Wildman–Crippen MR) is 136 cm³/mol. The number of aliphatic imine (C=N–C) groups is 1. The van der Waals surface area contributed by atoms with Gasteiger partial charge in [-0.1, -0.05) is 18.2 Å². The van der Waals surface area contributed by atoms with E-state index in [4.69, 9.17) is 4.74 Å². The minimum absolute atomic E-state index is 0. The molecule has 0 saturated heterocycles. The van der Waals surface area contributed by atoms with E-state index in [1.54, 1.807) is 13.3 Å². The molecule has 0 radical (unpaired) electrons. The van der Waals surface area contributed by atoms with E-state index in [9.17, 15) is 4.79 Å². The molecule has 2 heterocycles. The van der Waals surface area contributed by atoms with Crippen LogP contribution in [0.3, 0.4) is 0 Å². The van der Waals surface area contributed by atoms with E-state index in [1.807, 2.05) is 55.7 Å². The molecule has 0 aliphatic rings. The summed E-state index contributed by atoms with van der Waals surface area (Å²) in [6, 6.07) is 9.75. The standard InChI is InChI=1S/C21H27N7O2S.HI/c1-5-22-21(23-12-17-27-24-13-28(17)16-10-8-7-9-11-16)26-15(4)19-25-14(3)18(31-19)20(29)30-6-2;/h7-11,13,15H,5-6,12H2,1-4H3,(H2,22,23,26);1H. The molecule has 0 saturated carbocycles. The van der Waals surface area contributed by atoms with E-state index in [1.165, 1.54) is 11.3 Å². The lowest BCUT2D eigenvalue weighted by Gasteiger charge is -2.16. The summed E-state index contributed by atoms with van der Waals surface area (Å²) in [4.78, 5) is 21.8. The SMILES string of the molecule is CCNC(=NCc1nncn1-c1ccccc1)NC(C)c1nc(C)c(C(=O)OCC)s1.I. The van der Waals surface area contributed by atoms with Crippen LogP contribution in [0, 0.1) is 6.92 Å². The number of benzene rings is 1. The van der Waals surface area contributed by atoms with Gasteiger partial charge in [-0.25, -0.2) is 14.8 Å². The van der Waals surface area contributed by atoms with Gasteiger partial charge in [-0.3, -0.25) is 4.57 Å². The number of rotatable bonds is 8. The van der Waals surface area contributed by atoms with Crippen molar-refractivity contribution in [3.8, 4) is 5.69 Å². The Balaban J connectivity index is 0.00000363. The monoisotopic (exact) mass is 569 g/mol. The number of guanidine groups is 1. The number of carbonyl (C=O) groups excluding carboxylic acids is 1. The summed E-state index contributed by atoms with van der Waals surface area (Å²) < 4.78 is 7.02. The van der Waals surface area contributed by atoms with Crippen LogP contribution in [0.25, 0.3) is 5.69 Å². The second-order valence-electron chi connectivity index (χ2n) is 6.70.